The molecular weight excluding hydrogens is 170 g/mol. The summed E-state index contributed by atoms with van der Waals surface area (Å²) in [6, 6.07) is 9.66. The van der Waals surface area contributed by atoms with E-state index in [0.29, 0.717) is 5.11 Å². The van der Waals surface area contributed by atoms with Gasteiger partial charge in [0.15, 0.2) is 5.11 Å². The number of thiocarbonyl (C=S) groups is 1. The van der Waals surface area contributed by atoms with Gasteiger partial charge in [-0.05, 0) is 24.4 Å². The van der Waals surface area contributed by atoms with Gasteiger partial charge in [0.25, 0.3) is 0 Å². The molecule has 0 aromatic heterocycles. The number of nitrogens with two attached hydrogens (primary N) is 1. The number of hydrogen-bond donors (Lipinski definition) is 2. The maximum atomic E-state index is 5.41. The normalized spacial score (nSPS) is 9.17. The lowest BCUT2D eigenvalue weighted by atomic mass is 10.3. The summed E-state index contributed by atoms with van der Waals surface area (Å²) in [7, 11) is 1.69. The zero-order valence-electron chi connectivity index (χ0n) is 6.82. The van der Waals surface area contributed by atoms with Crippen LogP contribution in [0.4, 0.5) is 5.69 Å². The van der Waals surface area contributed by atoms with E-state index in [1.54, 1.807) is 7.05 Å². The Labute approximate surface area is 77.1 Å². The van der Waals surface area contributed by atoms with Crippen molar-refractivity contribution in [3.05, 3.63) is 30.3 Å². The minimum Gasteiger partial charge on any atom is -0.332 e. The van der Waals surface area contributed by atoms with E-state index in [1.807, 2.05) is 30.3 Å². The second-order valence-corrected chi connectivity index (χ2v) is 2.79. The van der Waals surface area contributed by atoms with Gasteiger partial charge in [-0.2, -0.15) is 0 Å². The molecule has 0 unspecified atom stereocenters. The van der Waals surface area contributed by atoms with Crippen LogP contribution in [0, 0.1) is 0 Å². The molecule has 0 spiro atoms. The number of hydrazine groups is 1. The van der Waals surface area contributed by atoms with Crippen molar-refractivity contribution in [2.45, 2.75) is 0 Å². The standard InChI is InChI=1S/C8H11N3S/c1-11(9)8(12)10-7-5-3-2-4-6-7/h2-6H,9H2,1H3,(H,10,12). The first-order chi connectivity index (χ1) is 5.70. The Hall–Kier alpha value is -1.13. The van der Waals surface area contributed by atoms with Gasteiger partial charge in [0.1, 0.15) is 0 Å². The summed E-state index contributed by atoms with van der Waals surface area (Å²) < 4.78 is 0. The lowest BCUT2D eigenvalue weighted by Gasteiger charge is -2.14. The second kappa shape index (κ2) is 4.04. The zero-order valence-corrected chi connectivity index (χ0v) is 7.64. The Balaban J connectivity index is 2.59. The molecule has 1 rings (SSSR count). The average molecular weight is 181 g/mol. The maximum absolute atomic E-state index is 5.41. The van der Waals surface area contributed by atoms with Gasteiger partial charge in [0, 0.05) is 12.7 Å². The summed E-state index contributed by atoms with van der Waals surface area (Å²) in [5.41, 5.74) is 0.944. The van der Waals surface area contributed by atoms with Crippen molar-refractivity contribution in [3.63, 3.8) is 0 Å². The van der Waals surface area contributed by atoms with Crippen molar-refractivity contribution < 1.29 is 0 Å². The maximum Gasteiger partial charge on any atom is 0.187 e. The summed E-state index contributed by atoms with van der Waals surface area (Å²) in [6.07, 6.45) is 0. The van der Waals surface area contributed by atoms with Crippen molar-refractivity contribution in [3.8, 4) is 0 Å². The van der Waals surface area contributed by atoms with Crippen molar-refractivity contribution in [1.82, 2.24) is 5.01 Å². The third-order valence-corrected chi connectivity index (χ3v) is 1.74. The van der Waals surface area contributed by atoms with Crippen molar-refractivity contribution in [2.24, 2.45) is 5.84 Å². The number of nitrogens with zero attached hydrogens (tertiary/aromatic N) is 1. The molecule has 64 valence electrons. The highest BCUT2D eigenvalue weighted by Gasteiger charge is 1.97. The molecule has 0 heterocycles. The number of anilines is 1. The van der Waals surface area contributed by atoms with Crippen molar-refractivity contribution >= 4 is 23.0 Å². The number of nitrogens with one attached hydrogen (secondary N) is 1. The molecule has 0 bridgehead atoms. The van der Waals surface area contributed by atoms with E-state index in [-0.39, 0.29) is 0 Å². The fraction of sp³-hybridized carbons (Fsp3) is 0.125. The molecular formula is C8H11N3S. The summed E-state index contributed by atoms with van der Waals surface area (Å²) in [5.74, 6) is 5.41. The average Bonchev–Trinajstić information content (AvgIpc) is 2.06. The third-order valence-electron chi connectivity index (χ3n) is 1.35. The van der Waals surface area contributed by atoms with Gasteiger partial charge in [-0.3, -0.25) is 5.01 Å². The highest BCUT2D eigenvalue weighted by atomic mass is 32.1. The molecule has 0 saturated carbocycles. The Kier molecular flexibility index (Phi) is 3.01. The largest absolute Gasteiger partial charge is 0.332 e. The van der Waals surface area contributed by atoms with Gasteiger partial charge >= 0.3 is 0 Å². The van der Waals surface area contributed by atoms with E-state index >= 15 is 0 Å². The van der Waals surface area contributed by atoms with E-state index in [9.17, 15) is 0 Å². The van der Waals surface area contributed by atoms with Crippen LogP contribution in [-0.2, 0) is 0 Å². The fourth-order valence-corrected chi connectivity index (χ4v) is 0.851. The molecule has 1 aromatic carbocycles. The molecule has 0 amide bonds. The van der Waals surface area contributed by atoms with Crippen LogP contribution >= 0.6 is 12.2 Å². The number of hydrogen-bond acceptors (Lipinski definition) is 2. The monoisotopic (exact) mass is 181 g/mol. The predicted molar refractivity (Wildman–Crippen MR) is 54.6 cm³/mol. The van der Waals surface area contributed by atoms with E-state index < -0.39 is 0 Å². The highest BCUT2D eigenvalue weighted by molar-refractivity contribution is 7.80. The minimum atomic E-state index is 0.501. The molecule has 1 aromatic rings. The molecule has 4 heteroatoms. The Morgan fingerprint density at radius 1 is 1.42 bits per heavy atom. The molecule has 0 aliphatic heterocycles. The Bertz CT molecular complexity index is 258. The van der Waals surface area contributed by atoms with Gasteiger partial charge in [-0.1, -0.05) is 18.2 Å². The lowest BCUT2D eigenvalue weighted by molar-refractivity contribution is 0.548. The Morgan fingerprint density at radius 2 is 2.00 bits per heavy atom. The second-order valence-electron chi connectivity index (χ2n) is 2.41. The van der Waals surface area contributed by atoms with Gasteiger partial charge in [0.05, 0.1) is 0 Å². The summed E-state index contributed by atoms with van der Waals surface area (Å²) >= 11 is 4.95. The smallest absolute Gasteiger partial charge is 0.187 e. The Morgan fingerprint density at radius 3 is 2.50 bits per heavy atom. The van der Waals surface area contributed by atoms with Crippen LogP contribution < -0.4 is 11.2 Å². The first-order valence-corrected chi connectivity index (χ1v) is 3.95. The molecule has 3 N–H and O–H groups in total. The van der Waals surface area contributed by atoms with Crippen molar-refractivity contribution in [2.75, 3.05) is 12.4 Å². The topological polar surface area (TPSA) is 41.3 Å². The molecule has 0 aliphatic carbocycles. The molecule has 0 saturated heterocycles. The SMILES string of the molecule is CN(N)C(=S)Nc1ccccc1. The molecule has 0 fully saturated rings. The van der Waals surface area contributed by atoms with Crippen LogP contribution in [0.3, 0.4) is 0 Å². The highest BCUT2D eigenvalue weighted by Crippen LogP contribution is 2.04. The van der Waals surface area contributed by atoms with Crippen LogP contribution in [0.1, 0.15) is 0 Å². The zero-order chi connectivity index (χ0) is 8.97. The van der Waals surface area contributed by atoms with Crippen LogP contribution in [0.2, 0.25) is 0 Å². The number of benzene rings is 1. The van der Waals surface area contributed by atoms with E-state index in [1.165, 1.54) is 5.01 Å². The molecule has 0 atom stereocenters. The summed E-state index contributed by atoms with van der Waals surface area (Å²) in [6.45, 7) is 0. The fourth-order valence-electron chi connectivity index (χ4n) is 0.733. The third kappa shape index (κ3) is 2.48. The summed E-state index contributed by atoms with van der Waals surface area (Å²) in [4.78, 5) is 0. The van der Waals surface area contributed by atoms with E-state index in [0.717, 1.165) is 5.69 Å². The van der Waals surface area contributed by atoms with Gasteiger partial charge in [0.2, 0.25) is 0 Å². The lowest BCUT2D eigenvalue weighted by Crippen LogP contribution is -2.36. The van der Waals surface area contributed by atoms with Crippen LogP contribution in [0.5, 0.6) is 0 Å². The minimum absolute atomic E-state index is 0.501. The first-order valence-electron chi connectivity index (χ1n) is 3.54. The van der Waals surface area contributed by atoms with E-state index in [2.05, 4.69) is 5.32 Å². The van der Waals surface area contributed by atoms with Crippen LogP contribution in [0.25, 0.3) is 0 Å². The van der Waals surface area contributed by atoms with Gasteiger partial charge in [-0.15, -0.1) is 0 Å². The quantitative estimate of drug-likeness (QED) is 0.388. The summed E-state index contributed by atoms with van der Waals surface area (Å²) in [5, 5.41) is 4.84. The molecule has 0 radical (unpaired) electrons. The molecule has 3 nitrogen and oxygen atoms in total. The van der Waals surface area contributed by atoms with Crippen LogP contribution in [-0.4, -0.2) is 17.2 Å². The predicted octanol–water partition coefficient (Wildman–Crippen LogP) is 1.19. The molecule has 0 aliphatic rings. The van der Waals surface area contributed by atoms with Crippen LogP contribution in [0.15, 0.2) is 30.3 Å². The first kappa shape index (κ1) is 8.96. The van der Waals surface area contributed by atoms with E-state index in [4.69, 9.17) is 18.1 Å². The van der Waals surface area contributed by atoms with Gasteiger partial charge < -0.3 is 5.32 Å². The molecule has 12 heavy (non-hydrogen) atoms. The number of rotatable bonds is 1. The number of para-hydroxylation sites is 1. The van der Waals surface area contributed by atoms with Gasteiger partial charge in [-0.25, -0.2) is 5.84 Å². The van der Waals surface area contributed by atoms with Crippen molar-refractivity contribution in [1.29, 1.82) is 0 Å².